The quantitative estimate of drug-likeness (QED) is 0.550. The Bertz CT molecular complexity index is 1040. The van der Waals surface area contributed by atoms with Gasteiger partial charge in [-0.15, -0.1) is 11.8 Å². The molecule has 0 aromatic heterocycles. The fraction of sp³-hybridized carbons (Fsp3) is 0.333. The summed E-state index contributed by atoms with van der Waals surface area (Å²) in [6.07, 6.45) is 0.696. The molecule has 2 aromatic rings. The number of carbonyl (C=O) groups is 3. The smallest absolute Gasteiger partial charge is 0.255 e. The minimum absolute atomic E-state index is 0.121. The number of benzene rings is 2. The lowest BCUT2D eigenvalue weighted by atomic mass is 10.1. The molecule has 1 saturated heterocycles. The topological polar surface area (TPSA) is 112 Å². The average molecular weight is 467 g/mol. The Kier molecular flexibility index (Phi) is 8.72. The van der Waals surface area contributed by atoms with Crippen LogP contribution in [0.4, 0.5) is 5.69 Å². The highest BCUT2D eigenvalue weighted by molar-refractivity contribution is 7.99. The highest BCUT2D eigenvalue weighted by atomic mass is 32.2. The van der Waals surface area contributed by atoms with E-state index in [1.165, 1.54) is 11.8 Å². The van der Waals surface area contributed by atoms with Gasteiger partial charge in [-0.25, -0.2) is 0 Å². The molecular formula is C24H26N4O4S. The SMILES string of the molecule is CCOc1ccccc1C(=O)NCCCC(=O)N1CSCC1C(=O)Nc1ccc(C#N)cc1. The number of amides is 3. The van der Waals surface area contributed by atoms with Gasteiger partial charge in [0.15, 0.2) is 0 Å². The van der Waals surface area contributed by atoms with Crippen LogP contribution < -0.4 is 15.4 Å². The molecule has 33 heavy (non-hydrogen) atoms. The van der Waals surface area contributed by atoms with Gasteiger partial charge in [0.05, 0.1) is 29.7 Å². The van der Waals surface area contributed by atoms with Crippen molar-refractivity contribution >= 4 is 35.2 Å². The second-order valence-electron chi connectivity index (χ2n) is 7.35. The molecule has 1 unspecified atom stereocenters. The van der Waals surface area contributed by atoms with Crippen LogP contribution in [0, 0.1) is 11.3 Å². The Morgan fingerprint density at radius 1 is 1.18 bits per heavy atom. The van der Waals surface area contributed by atoms with Crippen LogP contribution in [0.1, 0.15) is 35.7 Å². The number of hydrogen-bond donors (Lipinski definition) is 2. The van der Waals surface area contributed by atoms with Crippen LogP contribution in [-0.2, 0) is 9.59 Å². The Balaban J connectivity index is 1.47. The first-order chi connectivity index (χ1) is 16.0. The van der Waals surface area contributed by atoms with E-state index < -0.39 is 6.04 Å². The van der Waals surface area contributed by atoms with Crippen molar-refractivity contribution in [2.24, 2.45) is 0 Å². The summed E-state index contributed by atoms with van der Waals surface area (Å²) in [5.41, 5.74) is 1.55. The number of nitrogens with one attached hydrogen (secondary N) is 2. The van der Waals surface area contributed by atoms with E-state index in [0.29, 0.717) is 53.8 Å². The molecule has 9 heteroatoms. The van der Waals surface area contributed by atoms with E-state index >= 15 is 0 Å². The molecular weight excluding hydrogens is 440 g/mol. The third kappa shape index (κ3) is 6.49. The summed E-state index contributed by atoms with van der Waals surface area (Å²) in [5.74, 6) is 0.890. The van der Waals surface area contributed by atoms with Crippen LogP contribution in [-0.4, -0.2) is 53.4 Å². The van der Waals surface area contributed by atoms with Gasteiger partial charge < -0.3 is 20.3 Å². The molecule has 0 radical (unpaired) electrons. The number of para-hydroxylation sites is 1. The zero-order chi connectivity index (χ0) is 23.6. The second-order valence-corrected chi connectivity index (χ2v) is 8.35. The molecule has 1 aliphatic heterocycles. The van der Waals surface area contributed by atoms with Crippen LogP contribution in [0.5, 0.6) is 5.75 Å². The lowest BCUT2D eigenvalue weighted by Gasteiger charge is -2.23. The van der Waals surface area contributed by atoms with E-state index in [1.54, 1.807) is 47.4 Å². The molecule has 0 spiro atoms. The van der Waals surface area contributed by atoms with Gasteiger partial charge in [-0.1, -0.05) is 12.1 Å². The Labute approximate surface area is 197 Å². The van der Waals surface area contributed by atoms with E-state index in [1.807, 2.05) is 19.1 Å². The number of nitrogens with zero attached hydrogens (tertiary/aromatic N) is 2. The second kappa shape index (κ2) is 11.9. The summed E-state index contributed by atoms with van der Waals surface area (Å²) in [5, 5.41) is 14.5. The van der Waals surface area contributed by atoms with E-state index in [0.717, 1.165) is 0 Å². The van der Waals surface area contributed by atoms with E-state index in [9.17, 15) is 14.4 Å². The summed E-state index contributed by atoms with van der Waals surface area (Å²) in [6, 6.07) is 15.1. The maximum atomic E-state index is 12.7. The molecule has 1 atom stereocenters. The molecule has 0 bridgehead atoms. The molecule has 2 N–H and O–H groups in total. The first-order valence-electron chi connectivity index (χ1n) is 10.7. The molecule has 0 aliphatic carbocycles. The van der Waals surface area contributed by atoms with Crippen LogP contribution in [0.2, 0.25) is 0 Å². The molecule has 172 valence electrons. The maximum absolute atomic E-state index is 12.7. The molecule has 2 aromatic carbocycles. The minimum Gasteiger partial charge on any atom is -0.493 e. The Hall–Kier alpha value is -3.51. The lowest BCUT2D eigenvalue weighted by Crippen LogP contribution is -2.44. The van der Waals surface area contributed by atoms with Crippen LogP contribution in [0.3, 0.4) is 0 Å². The van der Waals surface area contributed by atoms with Crippen molar-refractivity contribution in [2.45, 2.75) is 25.8 Å². The minimum atomic E-state index is -0.550. The molecule has 1 fully saturated rings. The predicted molar refractivity (Wildman–Crippen MR) is 127 cm³/mol. The third-order valence-electron chi connectivity index (χ3n) is 5.07. The number of thioether (sulfide) groups is 1. The van der Waals surface area contributed by atoms with Crippen molar-refractivity contribution in [3.05, 3.63) is 59.7 Å². The summed E-state index contributed by atoms with van der Waals surface area (Å²) >= 11 is 1.53. The van der Waals surface area contributed by atoms with Gasteiger partial charge in [0.2, 0.25) is 11.8 Å². The summed E-state index contributed by atoms with van der Waals surface area (Å²) in [7, 11) is 0. The zero-order valence-corrected chi connectivity index (χ0v) is 19.2. The first kappa shape index (κ1) is 24.1. The normalized spacial score (nSPS) is 14.9. The van der Waals surface area contributed by atoms with Gasteiger partial charge in [0.1, 0.15) is 11.8 Å². The largest absolute Gasteiger partial charge is 0.493 e. The van der Waals surface area contributed by atoms with Gasteiger partial charge in [0, 0.05) is 24.4 Å². The van der Waals surface area contributed by atoms with Gasteiger partial charge in [-0.3, -0.25) is 14.4 Å². The summed E-state index contributed by atoms with van der Waals surface area (Å²) in [6.45, 7) is 2.66. The van der Waals surface area contributed by atoms with Crippen molar-refractivity contribution in [2.75, 3.05) is 30.1 Å². The van der Waals surface area contributed by atoms with Crippen LogP contribution in [0.15, 0.2) is 48.5 Å². The van der Waals surface area contributed by atoms with Gasteiger partial charge in [-0.2, -0.15) is 5.26 Å². The summed E-state index contributed by atoms with van der Waals surface area (Å²) < 4.78 is 5.48. The Morgan fingerprint density at radius 2 is 1.94 bits per heavy atom. The number of ether oxygens (including phenoxy) is 1. The van der Waals surface area contributed by atoms with E-state index in [2.05, 4.69) is 10.6 Å². The van der Waals surface area contributed by atoms with Crippen LogP contribution in [0.25, 0.3) is 0 Å². The zero-order valence-electron chi connectivity index (χ0n) is 18.4. The van der Waals surface area contributed by atoms with Crippen molar-refractivity contribution in [1.82, 2.24) is 10.2 Å². The maximum Gasteiger partial charge on any atom is 0.255 e. The van der Waals surface area contributed by atoms with Crippen molar-refractivity contribution in [3.63, 3.8) is 0 Å². The Morgan fingerprint density at radius 3 is 2.67 bits per heavy atom. The van der Waals surface area contributed by atoms with Gasteiger partial charge >= 0.3 is 0 Å². The molecule has 3 amide bonds. The average Bonchev–Trinajstić information content (AvgIpc) is 3.33. The number of carbonyl (C=O) groups excluding carboxylic acids is 3. The first-order valence-corrected chi connectivity index (χ1v) is 11.9. The standard InChI is InChI=1S/C24H26N4O4S/c1-2-32-21-7-4-3-6-19(21)23(30)26-13-5-8-22(29)28-16-33-15-20(28)24(31)27-18-11-9-17(14-25)10-12-18/h3-4,6-7,9-12,20H,2,5,8,13,15-16H2,1H3,(H,26,30)(H,27,31). The van der Waals surface area contributed by atoms with Gasteiger partial charge in [0.25, 0.3) is 5.91 Å². The predicted octanol–water partition coefficient (Wildman–Crippen LogP) is 3.01. The highest BCUT2D eigenvalue weighted by Crippen LogP contribution is 2.23. The van der Waals surface area contributed by atoms with E-state index in [-0.39, 0.29) is 24.1 Å². The van der Waals surface area contributed by atoms with Crippen LogP contribution >= 0.6 is 11.8 Å². The summed E-state index contributed by atoms with van der Waals surface area (Å²) in [4.78, 5) is 39.4. The van der Waals surface area contributed by atoms with Crippen molar-refractivity contribution in [1.29, 1.82) is 5.26 Å². The molecule has 3 rings (SSSR count). The van der Waals surface area contributed by atoms with Crippen molar-refractivity contribution in [3.8, 4) is 11.8 Å². The number of hydrogen-bond acceptors (Lipinski definition) is 6. The van der Waals surface area contributed by atoms with Crippen molar-refractivity contribution < 1.29 is 19.1 Å². The fourth-order valence-corrected chi connectivity index (χ4v) is 4.56. The molecule has 1 aliphatic rings. The molecule has 8 nitrogen and oxygen atoms in total. The number of anilines is 1. The monoisotopic (exact) mass is 466 g/mol. The molecule has 0 saturated carbocycles. The fourth-order valence-electron chi connectivity index (χ4n) is 3.38. The van der Waals surface area contributed by atoms with Gasteiger partial charge in [-0.05, 0) is 49.7 Å². The van der Waals surface area contributed by atoms with E-state index in [4.69, 9.17) is 10.00 Å². The third-order valence-corrected chi connectivity index (χ3v) is 6.08. The number of nitriles is 1. The highest BCUT2D eigenvalue weighted by Gasteiger charge is 2.34. The molecule has 1 heterocycles. The number of rotatable bonds is 9. The lowest BCUT2D eigenvalue weighted by molar-refractivity contribution is -0.136.